The molecule has 40 heavy (non-hydrogen) atoms. The van der Waals surface area contributed by atoms with Gasteiger partial charge in [0, 0.05) is 36.3 Å². The van der Waals surface area contributed by atoms with E-state index in [1.54, 1.807) is 9.80 Å². The van der Waals surface area contributed by atoms with Crippen LogP contribution in [0, 0.1) is 0 Å². The highest BCUT2D eigenvalue weighted by Gasteiger charge is 2.46. The van der Waals surface area contributed by atoms with E-state index in [4.69, 9.17) is 0 Å². The van der Waals surface area contributed by atoms with Crippen LogP contribution in [-0.4, -0.2) is 138 Å². The third-order valence-electron chi connectivity index (χ3n) is 9.98. The molecule has 5 unspecified atom stereocenters. The van der Waals surface area contributed by atoms with Crippen LogP contribution in [0.2, 0.25) is 0 Å². The predicted octanol–water partition coefficient (Wildman–Crippen LogP) is 0.0994. The van der Waals surface area contributed by atoms with E-state index >= 15 is 0 Å². The molecule has 0 aromatic heterocycles. The second-order valence-electron chi connectivity index (χ2n) is 12.6. The summed E-state index contributed by atoms with van der Waals surface area (Å²) in [6.45, 7) is -0.859. The number of aliphatic hydroxyl groups is 2. The van der Waals surface area contributed by atoms with E-state index in [-0.39, 0.29) is 74.2 Å². The number of carboxylic acid groups (broad SMARTS) is 2. The number of fused-ring (bicyclic) bond motifs is 4. The van der Waals surface area contributed by atoms with Gasteiger partial charge in [-0.15, -0.1) is 0 Å². The lowest BCUT2D eigenvalue weighted by Gasteiger charge is -2.46. The van der Waals surface area contributed by atoms with Crippen molar-refractivity contribution >= 4 is 23.8 Å². The SMILES string of the molecule is O=C(O)CN(CC(=O)N1C2CC[C@H]1CC(O)C2)C1CCCCC1N(CC(=O)O)CC(=O)N1[C@@H]2CC[C@H]1CC(O)C2. The van der Waals surface area contributed by atoms with Gasteiger partial charge in [-0.25, -0.2) is 0 Å². The monoisotopic (exact) mass is 564 g/mol. The summed E-state index contributed by atoms with van der Waals surface area (Å²) in [5.41, 5.74) is 0. The highest BCUT2D eigenvalue weighted by atomic mass is 16.4. The van der Waals surface area contributed by atoms with Gasteiger partial charge >= 0.3 is 11.9 Å². The van der Waals surface area contributed by atoms with Crippen molar-refractivity contribution in [1.82, 2.24) is 19.6 Å². The molecule has 0 spiro atoms. The normalized spacial score (nSPS) is 35.4. The van der Waals surface area contributed by atoms with Gasteiger partial charge in [-0.3, -0.25) is 29.0 Å². The average Bonchev–Trinajstić information content (AvgIpc) is 3.32. The van der Waals surface area contributed by atoms with E-state index in [9.17, 15) is 39.6 Å². The Balaban J connectivity index is 1.33. The van der Waals surface area contributed by atoms with Crippen LogP contribution in [0.1, 0.15) is 77.0 Å². The Labute approximate surface area is 234 Å². The number of hydrogen-bond donors (Lipinski definition) is 4. The average molecular weight is 565 g/mol. The molecule has 1 aliphatic carbocycles. The number of hydrogen-bond acceptors (Lipinski definition) is 8. The number of aliphatic hydroxyl groups excluding tert-OH is 2. The van der Waals surface area contributed by atoms with Crippen molar-refractivity contribution in [3.8, 4) is 0 Å². The minimum atomic E-state index is -1.06. The van der Waals surface area contributed by atoms with Gasteiger partial charge in [-0.05, 0) is 64.2 Å². The van der Waals surface area contributed by atoms with Crippen LogP contribution >= 0.6 is 0 Å². The maximum Gasteiger partial charge on any atom is 0.317 e. The zero-order chi connectivity index (χ0) is 28.6. The molecule has 8 atom stereocenters. The largest absolute Gasteiger partial charge is 0.480 e. The van der Waals surface area contributed by atoms with Crippen LogP contribution in [0.15, 0.2) is 0 Å². The van der Waals surface area contributed by atoms with E-state index in [1.807, 2.05) is 9.80 Å². The van der Waals surface area contributed by atoms with Gasteiger partial charge in [-0.1, -0.05) is 12.8 Å². The van der Waals surface area contributed by atoms with Crippen LogP contribution in [0.4, 0.5) is 0 Å². The molecule has 5 fully saturated rings. The van der Waals surface area contributed by atoms with Crippen molar-refractivity contribution in [3.63, 3.8) is 0 Å². The van der Waals surface area contributed by atoms with Crippen LogP contribution in [0.5, 0.6) is 0 Å². The van der Waals surface area contributed by atoms with Crippen LogP contribution in [0.3, 0.4) is 0 Å². The van der Waals surface area contributed by atoms with Crippen molar-refractivity contribution in [1.29, 1.82) is 0 Å². The molecule has 0 aromatic rings. The molecule has 224 valence electrons. The fourth-order valence-electron chi connectivity index (χ4n) is 8.49. The topological polar surface area (TPSA) is 162 Å². The van der Waals surface area contributed by atoms with E-state index in [0.29, 0.717) is 38.5 Å². The lowest BCUT2D eigenvalue weighted by Crippen LogP contribution is -2.60. The molecule has 4 bridgehead atoms. The van der Waals surface area contributed by atoms with Crippen molar-refractivity contribution in [2.45, 2.75) is 126 Å². The summed E-state index contributed by atoms with van der Waals surface area (Å²) in [5.74, 6) is -2.40. The van der Waals surface area contributed by atoms with Crippen molar-refractivity contribution in [2.75, 3.05) is 26.2 Å². The van der Waals surface area contributed by atoms with Crippen molar-refractivity contribution < 1.29 is 39.6 Å². The van der Waals surface area contributed by atoms with E-state index in [1.165, 1.54) is 0 Å². The predicted molar refractivity (Wildman–Crippen MR) is 142 cm³/mol. The number of amides is 2. The quantitative estimate of drug-likeness (QED) is 0.286. The first-order chi connectivity index (χ1) is 19.1. The molecule has 12 heteroatoms. The van der Waals surface area contributed by atoms with Gasteiger partial charge in [-0.2, -0.15) is 0 Å². The first kappa shape index (κ1) is 29.2. The number of carbonyl (C=O) groups excluding carboxylic acids is 2. The minimum absolute atomic E-state index is 0.0327. The molecule has 4 aliphatic heterocycles. The smallest absolute Gasteiger partial charge is 0.317 e. The second kappa shape index (κ2) is 12.3. The second-order valence-corrected chi connectivity index (χ2v) is 12.6. The molecule has 4 heterocycles. The molecule has 12 nitrogen and oxygen atoms in total. The van der Waals surface area contributed by atoms with Crippen molar-refractivity contribution in [3.05, 3.63) is 0 Å². The van der Waals surface area contributed by atoms with Gasteiger partial charge in [0.1, 0.15) is 0 Å². The summed E-state index contributed by atoms with van der Waals surface area (Å²) in [7, 11) is 0. The van der Waals surface area contributed by atoms with Crippen LogP contribution in [0.25, 0.3) is 0 Å². The maximum atomic E-state index is 13.6. The minimum Gasteiger partial charge on any atom is -0.480 e. The fourth-order valence-corrected chi connectivity index (χ4v) is 8.49. The molecule has 4 saturated heterocycles. The summed E-state index contributed by atoms with van der Waals surface area (Å²) in [5, 5.41) is 39.9. The molecule has 1 saturated carbocycles. The number of carboxylic acids is 2. The number of carbonyl (C=O) groups is 4. The first-order valence-electron chi connectivity index (χ1n) is 15.0. The summed E-state index contributed by atoms with van der Waals surface area (Å²) in [6, 6.07) is -0.892. The van der Waals surface area contributed by atoms with E-state index in [2.05, 4.69) is 0 Å². The number of nitrogens with zero attached hydrogens (tertiary/aromatic N) is 4. The first-order valence-corrected chi connectivity index (χ1v) is 15.0. The Hall–Kier alpha value is -2.28. The van der Waals surface area contributed by atoms with Crippen molar-refractivity contribution in [2.24, 2.45) is 0 Å². The molecule has 2 amide bonds. The van der Waals surface area contributed by atoms with Gasteiger partial charge in [0.05, 0.1) is 38.4 Å². The molecular weight excluding hydrogens is 520 g/mol. The van der Waals surface area contributed by atoms with Gasteiger partial charge in [0.15, 0.2) is 0 Å². The van der Waals surface area contributed by atoms with Gasteiger partial charge in [0.25, 0.3) is 0 Å². The number of piperidine rings is 2. The molecular formula is C28H44N4O8. The summed E-state index contributed by atoms with van der Waals surface area (Å²) in [4.78, 5) is 58.1. The summed E-state index contributed by atoms with van der Waals surface area (Å²) < 4.78 is 0. The molecule has 5 rings (SSSR count). The molecule has 5 aliphatic rings. The maximum absolute atomic E-state index is 13.6. The highest BCUT2D eigenvalue weighted by Crippen LogP contribution is 2.38. The molecule has 0 aromatic carbocycles. The standard InChI is InChI=1S/C28H44N4O8/c33-21-9-17-5-6-18(10-21)31(17)25(35)13-29(15-27(37)38)23-3-1-2-4-24(23)30(16-28(39)40)14-26(36)32-19-7-8-20(32)12-22(34)11-19/h17-24,33-34H,1-16H2,(H,37,38)(H,39,40)/t17-,18+,19-,20?,21?,22?,23?,24?/m0/s1. The van der Waals surface area contributed by atoms with Crippen LogP contribution in [-0.2, 0) is 19.2 Å². The summed E-state index contributed by atoms with van der Waals surface area (Å²) in [6.07, 6.45) is 7.55. The number of rotatable bonds is 10. The molecule has 0 radical (unpaired) electrons. The molecule has 4 N–H and O–H groups in total. The van der Waals surface area contributed by atoms with E-state index in [0.717, 1.165) is 38.5 Å². The van der Waals surface area contributed by atoms with Crippen LogP contribution < -0.4 is 0 Å². The van der Waals surface area contributed by atoms with E-state index < -0.39 is 24.1 Å². The van der Waals surface area contributed by atoms with Gasteiger partial charge < -0.3 is 30.2 Å². The Bertz CT molecular complexity index is 876. The van der Waals surface area contributed by atoms with Gasteiger partial charge in [0.2, 0.25) is 11.8 Å². The Morgan fingerprint density at radius 2 is 0.875 bits per heavy atom. The lowest BCUT2D eigenvalue weighted by atomic mass is 9.87. The number of aliphatic carboxylic acids is 2. The summed E-state index contributed by atoms with van der Waals surface area (Å²) >= 11 is 0. The lowest BCUT2D eigenvalue weighted by molar-refractivity contribution is -0.149. The Kier molecular flexibility index (Phi) is 8.98. The highest BCUT2D eigenvalue weighted by molar-refractivity contribution is 5.81. The Morgan fingerprint density at radius 3 is 1.18 bits per heavy atom. The zero-order valence-corrected chi connectivity index (χ0v) is 23.1. The Morgan fingerprint density at radius 1 is 0.550 bits per heavy atom. The third kappa shape index (κ3) is 6.29. The third-order valence-corrected chi connectivity index (χ3v) is 9.98. The zero-order valence-electron chi connectivity index (χ0n) is 23.1. The fraction of sp³-hybridized carbons (Fsp3) is 0.857.